The first-order valence-corrected chi connectivity index (χ1v) is 7.02. The smallest absolute Gasteiger partial charge is 0.0727 e. The molecule has 4 heteroatoms. The summed E-state index contributed by atoms with van der Waals surface area (Å²) in [6.07, 6.45) is 3.13. The van der Waals surface area contributed by atoms with Crippen LogP contribution >= 0.6 is 23.2 Å². The third kappa shape index (κ3) is 4.13. The maximum absolute atomic E-state index is 6.22. The predicted octanol–water partition coefficient (Wildman–Crippen LogP) is 3.94. The Labute approximate surface area is 120 Å². The van der Waals surface area contributed by atoms with E-state index in [1.165, 1.54) is 0 Å². The maximum atomic E-state index is 6.22. The third-order valence-corrected chi connectivity index (χ3v) is 4.02. The van der Waals surface area contributed by atoms with Crippen LogP contribution in [0, 0.1) is 0 Å². The van der Waals surface area contributed by atoms with E-state index >= 15 is 0 Å². The van der Waals surface area contributed by atoms with Crippen molar-refractivity contribution in [2.75, 3.05) is 14.2 Å². The minimum atomic E-state index is 0.190. The van der Waals surface area contributed by atoms with Crippen molar-refractivity contribution < 1.29 is 4.74 Å². The molecule has 18 heavy (non-hydrogen) atoms. The van der Waals surface area contributed by atoms with Crippen molar-refractivity contribution in [3.05, 3.63) is 33.8 Å². The summed E-state index contributed by atoms with van der Waals surface area (Å²) in [6.45, 7) is 2.16. The second-order valence-corrected chi connectivity index (χ2v) is 5.16. The molecule has 2 nitrogen and oxygen atoms in total. The highest BCUT2D eigenvalue weighted by Gasteiger charge is 2.20. The number of hydrogen-bond acceptors (Lipinski definition) is 2. The third-order valence-electron chi connectivity index (χ3n) is 3.17. The normalized spacial score (nSPS) is 14.5. The van der Waals surface area contributed by atoms with Crippen molar-refractivity contribution in [2.45, 2.75) is 38.3 Å². The van der Waals surface area contributed by atoms with Crippen LogP contribution in [0.5, 0.6) is 0 Å². The SMILES string of the molecule is CCCC(OC)C(Cc1cccc(Cl)c1Cl)NC. The Morgan fingerprint density at radius 2 is 2.06 bits per heavy atom. The van der Waals surface area contributed by atoms with E-state index in [9.17, 15) is 0 Å². The van der Waals surface area contributed by atoms with Gasteiger partial charge in [0.15, 0.2) is 0 Å². The number of rotatable bonds is 7. The molecule has 1 aromatic carbocycles. The monoisotopic (exact) mass is 289 g/mol. The number of ether oxygens (including phenoxy) is 1. The molecule has 0 aromatic heterocycles. The maximum Gasteiger partial charge on any atom is 0.0727 e. The molecule has 0 bridgehead atoms. The zero-order chi connectivity index (χ0) is 13.5. The van der Waals surface area contributed by atoms with Crippen LogP contribution in [-0.2, 0) is 11.2 Å². The predicted molar refractivity (Wildman–Crippen MR) is 78.7 cm³/mol. The summed E-state index contributed by atoms with van der Waals surface area (Å²) >= 11 is 12.3. The van der Waals surface area contributed by atoms with Gasteiger partial charge in [0.1, 0.15) is 0 Å². The van der Waals surface area contributed by atoms with E-state index in [1.54, 1.807) is 7.11 Å². The lowest BCUT2D eigenvalue weighted by Gasteiger charge is -2.26. The van der Waals surface area contributed by atoms with Crippen molar-refractivity contribution >= 4 is 23.2 Å². The fourth-order valence-electron chi connectivity index (χ4n) is 2.13. The first-order valence-electron chi connectivity index (χ1n) is 6.27. The molecule has 0 heterocycles. The van der Waals surface area contributed by atoms with Crippen LogP contribution in [-0.4, -0.2) is 26.3 Å². The number of benzene rings is 1. The van der Waals surface area contributed by atoms with Gasteiger partial charge in [0.05, 0.1) is 16.1 Å². The van der Waals surface area contributed by atoms with Crippen LogP contribution in [0.3, 0.4) is 0 Å². The van der Waals surface area contributed by atoms with Crippen molar-refractivity contribution in [1.29, 1.82) is 0 Å². The molecular weight excluding hydrogens is 269 g/mol. The quantitative estimate of drug-likeness (QED) is 0.821. The molecule has 0 fully saturated rings. The molecule has 0 saturated carbocycles. The summed E-state index contributed by atoms with van der Waals surface area (Å²) in [5.41, 5.74) is 1.06. The lowest BCUT2D eigenvalue weighted by molar-refractivity contribution is 0.0633. The summed E-state index contributed by atoms with van der Waals surface area (Å²) in [5, 5.41) is 4.56. The van der Waals surface area contributed by atoms with Gasteiger partial charge in [-0.25, -0.2) is 0 Å². The molecular formula is C14H21Cl2NO. The Balaban J connectivity index is 2.81. The summed E-state index contributed by atoms with van der Waals surface area (Å²) in [4.78, 5) is 0. The highest BCUT2D eigenvalue weighted by atomic mass is 35.5. The zero-order valence-corrected chi connectivity index (χ0v) is 12.7. The van der Waals surface area contributed by atoms with Gasteiger partial charge < -0.3 is 10.1 Å². The average Bonchev–Trinajstić information content (AvgIpc) is 2.38. The standard InChI is InChI=1S/C14H21Cl2NO/c1-4-6-13(18-3)12(17-2)9-10-7-5-8-11(15)14(10)16/h5,7-8,12-13,17H,4,6,9H2,1-3H3. The van der Waals surface area contributed by atoms with Crippen LogP contribution in [0.1, 0.15) is 25.3 Å². The molecule has 0 aliphatic rings. The zero-order valence-electron chi connectivity index (χ0n) is 11.2. The first kappa shape index (κ1) is 15.8. The molecule has 0 saturated heterocycles. The van der Waals surface area contributed by atoms with Gasteiger partial charge in [-0.2, -0.15) is 0 Å². The van der Waals surface area contributed by atoms with Gasteiger partial charge >= 0.3 is 0 Å². The Kier molecular flexibility index (Phi) is 7.02. The summed E-state index contributed by atoms with van der Waals surface area (Å²) in [5.74, 6) is 0. The fraction of sp³-hybridized carbons (Fsp3) is 0.571. The van der Waals surface area contributed by atoms with Crippen molar-refractivity contribution in [3.63, 3.8) is 0 Å². The topological polar surface area (TPSA) is 21.3 Å². The van der Waals surface area contributed by atoms with Crippen LogP contribution in [0.25, 0.3) is 0 Å². The number of hydrogen-bond donors (Lipinski definition) is 1. The van der Waals surface area contributed by atoms with Crippen LogP contribution < -0.4 is 5.32 Å². The van der Waals surface area contributed by atoms with Gasteiger partial charge in [-0.15, -0.1) is 0 Å². The van der Waals surface area contributed by atoms with E-state index < -0.39 is 0 Å². The molecule has 0 aliphatic carbocycles. The Bertz CT molecular complexity index is 371. The molecule has 1 rings (SSSR count). The van der Waals surface area contributed by atoms with E-state index in [0.29, 0.717) is 10.0 Å². The highest BCUT2D eigenvalue weighted by Crippen LogP contribution is 2.27. The molecule has 2 atom stereocenters. The van der Waals surface area contributed by atoms with Crippen LogP contribution in [0.4, 0.5) is 0 Å². The minimum absolute atomic E-state index is 0.190. The largest absolute Gasteiger partial charge is 0.380 e. The Morgan fingerprint density at radius 3 is 2.61 bits per heavy atom. The van der Waals surface area contributed by atoms with Gasteiger partial charge in [-0.05, 0) is 31.5 Å². The number of likely N-dealkylation sites (N-methyl/N-ethyl adjacent to an activating group) is 1. The van der Waals surface area contributed by atoms with Gasteiger partial charge in [-0.1, -0.05) is 48.7 Å². The molecule has 102 valence electrons. The lowest BCUT2D eigenvalue weighted by Crippen LogP contribution is -2.40. The first-order chi connectivity index (χ1) is 8.63. The molecule has 1 N–H and O–H groups in total. The Morgan fingerprint density at radius 1 is 1.33 bits per heavy atom. The molecule has 0 radical (unpaired) electrons. The minimum Gasteiger partial charge on any atom is -0.380 e. The van der Waals surface area contributed by atoms with E-state index in [1.807, 2.05) is 25.2 Å². The summed E-state index contributed by atoms with van der Waals surface area (Å²) in [7, 11) is 3.70. The lowest BCUT2D eigenvalue weighted by atomic mass is 9.98. The number of halogens is 2. The second kappa shape index (κ2) is 8.00. The number of methoxy groups -OCH3 is 1. The van der Waals surface area contributed by atoms with E-state index in [4.69, 9.17) is 27.9 Å². The fourth-order valence-corrected chi connectivity index (χ4v) is 2.53. The molecule has 0 spiro atoms. The van der Waals surface area contributed by atoms with Gasteiger partial charge in [0, 0.05) is 13.2 Å². The van der Waals surface area contributed by atoms with Crippen molar-refractivity contribution in [3.8, 4) is 0 Å². The van der Waals surface area contributed by atoms with Crippen LogP contribution in [0.15, 0.2) is 18.2 Å². The Hall–Kier alpha value is -0.280. The summed E-state index contributed by atoms with van der Waals surface area (Å²) < 4.78 is 5.55. The molecule has 0 amide bonds. The van der Waals surface area contributed by atoms with Crippen molar-refractivity contribution in [2.24, 2.45) is 0 Å². The van der Waals surface area contributed by atoms with Crippen LogP contribution in [0.2, 0.25) is 10.0 Å². The van der Waals surface area contributed by atoms with Crippen molar-refractivity contribution in [1.82, 2.24) is 5.32 Å². The average molecular weight is 290 g/mol. The summed E-state index contributed by atoms with van der Waals surface area (Å²) in [6, 6.07) is 5.99. The van der Waals surface area contributed by atoms with E-state index in [2.05, 4.69) is 12.2 Å². The van der Waals surface area contributed by atoms with Gasteiger partial charge in [0.25, 0.3) is 0 Å². The molecule has 1 aromatic rings. The van der Waals surface area contributed by atoms with E-state index in [-0.39, 0.29) is 12.1 Å². The van der Waals surface area contributed by atoms with Gasteiger partial charge in [0.2, 0.25) is 0 Å². The molecule has 2 unspecified atom stereocenters. The molecule has 0 aliphatic heterocycles. The second-order valence-electron chi connectivity index (χ2n) is 4.38. The van der Waals surface area contributed by atoms with Gasteiger partial charge in [-0.3, -0.25) is 0 Å². The number of nitrogens with one attached hydrogen (secondary N) is 1. The highest BCUT2D eigenvalue weighted by molar-refractivity contribution is 6.42. The van der Waals surface area contributed by atoms with E-state index in [0.717, 1.165) is 24.8 Å².